The fraction of sp³-hybridized carbons (Fsp3) is 0.208. The predicted molar refractivity (Wildman–Crippen MR) is 115 cm³/mol. The van der Waals surface area contributed by atoms with Gasteiger partial charge in [0.1, 0.15) is 5.76 Å². The van der Waals surface area contributed by atoms with E-state index in [1.807, 2.05) is 92.4 Å². The first-order chi connectivity index (χ1) is 14.5. The zero-order valence-corrected chi connectivity index (χ0v) is 17.4. The minimum absolute atomic E-state index is 0.0101. The Morgan fingerprint density at radius 2 is 1.70 bits per heavy atom. The van der Waals surface area contributed by atoms with Crippen LogP contribution in [0.15, 0.2) is 71.4 Å². The lowest BCUT2D eigenvalue weighted by Crippen LogP contribution is -2.28. The molecule has 152 valence electrons. The van der Waals surface area contributed by atoms with E-state index in [4.69, 9.17) is 9.62 Å². The lowest BCUT2D eigenvalue weighted by Gasteiger charge is -2.17. The lowest BCUT2D eigenvalue weighted by molar-refractivity contribution is -0.129. The van der Waals surface area contributed by atoms with Crippen molar-refractivity contribution in [1.29, 1.82) is 0 Å². The standard InChI is InChI=1S/C24H24N4O2/c1-17-22(18(2)30-26-17)14-23(29)27(3)15-20-16-28(21-12-8-5-9-13-21)25-24(20)19-10-6-4-7-11-19/h4-13,16H,14-15H2,1-3H3. The number of nitrogens with zero attached hydrogens (tertiary/aromatic N) is 4. The number of likely N-dealkylation sites (N-methyl/N-ethyl adjacent to an activating group) is 1. The summed E-state index contributed by atoms with van der Waals surface area (Å²) in [6.07, 6.45) is 2.27. The van der Waals surface area contributed by atoms with Crippen molar-refractivity contribution in [3.8, 4) is 16.9 Å². The van der Waals surface area contributed by atoms with Crippen LogP contribution in [0.4, 0.5) is 0 Å². The fourth-order valence-electron chi connectivity index (χ4n) is 3.46. The summed E-state index contributed by atoms with van der Waals surface area (Å²) in [5, 5.41) is 8.76. The maximum absolute atomic E-state index is 12.9. The summed E-state index contributed by atoms with van der Waals surface area (Å²) in [6, 6.07) is 20.0. The Labute approximate surface area is 175 Å². The molecule has 0 aliphatic carbocycles. The molecule has 0 aliphatic rings. The third-order valence-corrected chi connectivity index (χ3v) is 5.20. The van der Waals surface area contributed by atoms with Crippen molar-refractivity contribution in [1.82, 2.24) is 19.8 Å². The average Bonchev–Trinajstić information content (AvgIpc) is 3.33. The van der Waals surface area contributed by atoms with Gasteiger partial charge >= 0.3 is 0 Å². The van der Waals surface area contributed by atoms with Crippen molar-refractivity contribution < 1.29 is 9.32 Å². The molecular formula is C24H24N4O2. The third kappa shape index (κ3) is 4.03. The summed E-state index contributed by atoms with van der Waals surface area (Å²) in [5.41, 5.74) is 5.47. The molecule has 0 saturated heterocycles. The highest BCUT2D eigenvalue weighted by Crippen LogP contribution is 2.25. The predicted octanol–water partition coefficient (Wildman–Crippen LogP) is 4.35. The molecule has 4 aromatic rings. The van der Waals surface area contributed by atoms with Crippen molar-refractivity contribution in [3.63, 3.8) is 0 Å². The number of rotatable bonds is 6. The molecule has 0 radical (unpaired) electrons. The van der Waals surface area contributed by atoms with E-state index in [2.05, 4.69) is 5.16 Å². The molecule has 1 amide bonds. The van der Waals surface area contributed by atoms with Crippen molar-refractivity contribution in [2.45, 2.75) is 26.8 Å². The molecule has 6 heteroatoms. The Morgan fingerprint density at radius 3 is 2.33 bits per heavy atom. The maximum atomic E-state index is 12.9. The minimum Gasteiger partial charge on any atom is -0.361 e. The summed E-state index contributed by atoms with van der Waals surface area (Å²) < 4.78 is 7.05. The molecule has 0 spiro atoms. The van der Waals surface area contributed by atoms with E-state index in [1.165, 1.54) is 0 Å². The van der Waals surface area contributed by atoms with Gasteiger partial charge in [-0.3, -0.25) is 4.79 Å². The third-order valence-electron chi connectivity index (χ3n) is 5.20. The molecule has 6 nitrogen and oxygen atoms in total. The number of aryl methyl sites for hydroxylation is 2. The zero-order valence-electron chi connectivity index (χ0n) is 17.4. The zero-order chi connectivity index (χ0) is 21.1. The van der Waals surface area contributed by atoms with Gasteiger partial charge in [-0.25, -0.2) is 4.68 Å². The Bertz CT molecular complexity index is 1130. The number of carbonyl (C=O) groups excluding carboxylic acids is 1. The van der Waals surface area contributed by atoms with Crippen molar-refractivity contribution in [3.05, 3.63) is 89.4 Å². The van der Waals surface area contributed by atoms with Gasteiger partial charge in [-0.1, -0.05) is 53.7 Å². The molecule has 30 heavy (non-hydrogen) atoms. The molecule has 4 rings (SSSR count). The van der Waals surface area contributed by atoms with Gasteiger partial charge in [0.2, 0.25) is 5.91 Å². The second-order valence-corrected chi connectivity index (χ2v) is 7.38. The molecular weight excluding hydrogens is 376 g/mol. The van der Waals surface area contributed by atoms with Crippen LogP contribution in [0.5, 0.6) is 0 Å². The van der Waals surface area contributed by atoms with Crippen LogP contribution in [0.25, 0.3) is 16.9 Å². The van der Waals surface area contributed by atoms with Gasteiger partial charge in [0.05, 0.1) is 23.5 Å². The number of carbonyl (C=O) groups is 1. The number of aromatic nitrogens is 3. The van der Waals surface area contributed by atoms with E-state index in [-0.39, 0.29) is 12.3 Å². The maximum Gasteiger partial charge on any atom is 0.227 e. The van der Waals surface area contributed by atoms with Crippen LogP contribution in [-0.4, -0.2) is 32.8 Å². The molecule has 0 fully saturated rings. The molecule has 2 aromatic carbocycles. The molecule has 0 atom stereocenters. The van der Waals surface area contributed by atoms with Crippen LogP contribution in [0.2, 0.25) is 0 Å². The summed E-state index contributed by atoms with van der Waals surface area (Å²) in [5.74, 6) is 0.701. The summed E-state index contributed by atoms with van der Waals surface area (Å²) in [7, 11) is 1.81. The molecule has 0 unspecified atom stereocenters. The van der Waals surface area contributed by atoms with Crippen molar-refractivity contribution in [2.75, 3.05) is 7.05 Å². The Balaban J connectivity index is 1.62. The first-order valence-corrected chi connectivity index (χ1v) is 9.88. The minimum atomic E-state index is 0.0101. The van der Waals surface area contributed by atoms with Crippen LogP contribution in [-0.2, 0) is 17.8 Å². The van der Waals surface area contributed by atoms with Crippen molar-refractivity contribution >= 4 is 5.91 Å². The van der Waals surface area contributed by atoms with E-state index < -0.39 is 0 Å². The van der Waals surface area contributed by atoms with E-state index >= 15 is 0 Å². The number of amides is 1. The normalized spacial score (nSPS) is 10.9. The van der Waals surface area contributed by atoms with E-state index in [1.54, 1.807) is 4.90 Å². The SMILES string of the molecule is Cc1noc(C)c1CC(=O)N(C)Cc1cn(-c2ccccc2)nc1-c1ccccc1. The second kappa shape index (κ2) is 8.37. The topological polar surface area (TPSA) is 64.2 Å². The van der Waals surface area contributed by atoms with Crippen LogP contribution in [0.3, 0.4) is 0 Å². The Hall–Kier alpha value is -3.67. The Kier molecular flexibility index (Phi) is 5.48. The summed E-state index contributed by atoms with van der Waals surface area (Å²) >= 11 is 0. The number of benzene rings is 2. The van der Waals surface area contributed by atoms with E-state index in [9.17, 15) is 4.79 Å². The summed E-state index contributed by atoms with van der Waals surface area (Å²) in [6.45, 7) is 4.15. The highest BCUT2D eigenvalue weighted by atomic mass is 16.5. The number of hydrogen-bond acceptors (Lipinski definition) is 4. The first kappa shape index (κ1) is 19.6. The summed E-state index contributed by atoms with van der Waals surface area (Å²) in [4.78, 5) is 14.6. The number of hydrogen-bond donors (Lipinski definition) is 0. The van der Waals surface area contributed by atoms with E-state index in [0.717, 1.165) is 33.8 Å². The highest BCUT2D eigenvalue weighted by Gasteiger charge is 2.19. The van der Waals surface area contributed by atoms with Gasteiger partial charge in [-0.15, -0.1) is 0 Å². The van der Waals surface area contributed by atoms with Gasteiger partial charge < -0.3 is 9.42 Å². The van der Waals surface area contributed by atoms with Gasteiger partial charge in [0.25, 0.3) is 0 Å². The molecule has 2 heterocycles. The van der Waals surface area contributed by atoms with Crippen LogP contribution < -0.4 is 0 Å². The average molecular weight is 400 g/mol. The Morgan fingerprint density at radius 1 is 1.03 bits per heavy atom. The smallest absolute Gasteiger partial charge is 0.227 e. The van der Waals surface area contributed by atoms with Gasteiger partial charge in [0.15, 0.2) is 0 Å². The van der Waals surface area contributed by atoms with E-state index in [0.29, 0.717) is 12.3 Å². The van der Waals surface area contributed by atoms with Crippen LogP contribution in [0.1, 0.15) is 22.6 Å². The molecule has 0 aliphatic heterocycles. The van der Waals surface area contributed by atoms with Gasteiger partial charge in [-0.2, -0.15) is 5.10 Å². The van der Waals surface area contributed by atoms with Crippen molar-refractivity contribution in [2.24, 2.45) is 0 Å². The molecule has 2 aromatic heterocycles. The largest absolute Gasteiger partial charge is 0.361 e. The van der Waals surface area contributed by atoms with Gasteiger partial charge in [-0.05, 0) is 26.0 Å². The van der Waals surface area contributed by atoms with Crippen LogP contribution in [0, 0.1) is 13.8 Å². The highest BCUT2D eigenvalue weighted by molar-refractivity contribution is 5.79. The fourth-order valence-corrected chi connectivity index (χ4v) is 3.46. The second-order valence-electron chi connectivity index (χ2n) is 7.38. The molecule has 0 saturated carbocycles. The quantitative estimate of drug-likeness (QED) is 0.483. The molecule has 0 N–H and O–H groups in total. The monoisotopic (exact) mass is 400 g/mol. The van der Waals surface area contributed by atoms with Gasteiger partial charge in [0, 0.05) is 36.5 Å². The number of para-hydroxylation sites is 1. The molecule has 0 bridgehead atoms. The lowest BCUT2D eigenvalue weighted by atomic mass is 10.1. The first-order valence-electron chi connectivity index (χ1n) is 9.88. The van der Waals surface area contributed by atoms with Crippen LogP contribution >= 0.6 is 0 Å².